The summed E-state index contributed by atoms with van der Waals surface area (Å²) in [4.78, 5) is 24.4. The number of anilines is 1. The summed E-state index contributed by atoms with van der Waals surface area (Å²) in [5, 5.41) is 8.93. The predicted molar refractivity (Wildman–Crippen MR) is 71.1 cm³/mol. The fourth-order valence-electron chi connectivity index (χ4n) is 1.57. The topological polar surface area (TPSA) is 126 Å². The van der Waals surface area contributed by atoms with Gasteiger partial charge in [-0.05, 0) is 19.4 Å². The average molecular weight is 304 g/mol. The SMILES string of the molecule is COC(=O)CCCS(=O)(=O)Nc1cc(C)[nH]c1C(=O)O. The number of carbonyl (C=O) groups excluding carboxylic acids is 1. The molecule has 0 aromatic carbocycles. The molecule has 0 amide bonds. The molecule has 1 rings (SSSR count). The molecule has 112 valence electrons. The predicted octanol–water partition coefficient (Wildman–Crippen LogP) is 0.716. The number of H-pyrrole nitrogens is 1. The number of hydrogen-bond donors (Lipinski definition) is 3. The zero-order chi connectivity index (χ0) is 15.3. The van der Waals surface area contributed by atoms with E-state index in [0.717, 1.165) is 0 Å². The van der Waals surface area contributed by atoms with Crippen LogP contribution < -0.4 is 4.72 Å². The van der Waals surface area contributed by atoms with E-state index >= 15 is 0 Å². The van der Waals surface area contributed by atoms with Gasteiger partial charge < -0.3 is 14.8 Å². The Kier molecular flexibility index (Phi) is 5.14. The molecule has 0 aliphatic carbocycles. The summed E-state index contributed by atoms with van der Waals surface area (Å²) in [6.45, 7) is 1.61. The number of carboxylic acids is 1. The van der Waals surface area contributed by atoms with Gasteiger partial charge in [-0.25, -0.2) is 13.2 Å². The van der Waals surface area contributed by atoms with E-state index in [-0.39, 0.29) is 30.0 Å². The average Bonchev–Trinajstić information content (AvgIpc) is 2.68. The molecule has 0 radical (unpaired) electrons. The van der Waals surface area contributed by atoms with Crippen molar-refractivity contribution in [2.24, 2.45) is 0 Å². The smallest absolute Gasteiger partial charge is 0.354 e. The number of methoxy groups -OCH3 is 1. The van der Waals surface area contributed by atoms with Gasteiger partial charge in [-0.2, -0.15) is 0 Å². The number of aryl methyl sites for hydroxylation is 1. The molecule has 0 atom stereocenters. The molecule has 20 heavy (non-hydrogen) atoms. The van der Waals surface area contributed by atoms with E-state index in [1.165, 1.54) is 13.2 Å². The van der Waals surface area contributed by atoms with Crippen molar-refractivity contribution in [3.63, 3.8) is 0 Å². The van der Waals surface area contributed by atoms with Gasteiger partial charge in [-0.3, -0.25) is 9.52 Å². The van der Waals surface area contributed by atoms with Gasteiger partial charge in [0.1, 0.15) is 5.69 Å². The van der Waals surface area contributed by atoms with Crippen LogP contribution in [0.25, 0.3) is 0 Å². The molecule has 1 heterocycles. The summed E-state index contributed by atoms with van der Waals surface area (Å²) in [6.07, 6.45) is 0.0726. The minimum Gasteiger partial charge on any atom is -0.477 e. The van der Waals surface area contributed by atoms with Gasteiger partial charge in [0.2, 0.25) is 10.0 Å². The summed E-state index contributed by atoms with van der Waals surface area (Å²) in [7, 11) is -2.50. The lowest BCUT2D eigenvalue weighted by Gasteiger charge is -2.06. The Balaban J connectivity index is 2.71. The minimum absolute atomic E-state index is 0.0185. The summed E-state index contributed by atoms with van der Waals surface area (Å²) in [6, 6.07) is 1.39. The van der Waals surface area contributed by atoms with Crippen molar-refractivity contribution in [3.05, 3.63) is 17.5 Å². The number of aromatic nitrogens is 1. The molecule has 0 bridgehead atoms. The van der Waals surface area contributed by atoms with Crippen molar-refractivity contribution in [1.29, 1.82) is 0 Å². The highest BCUT2D eigenvalue weighted by Crippen LogP contribution is 2.18. The van der Waals surface area contributed by atoms with Crippen LogP contribution in [0.15, 0.2) is 6.07 Å². The van der Waals surface area contributed by atoms with Crippen LogP contribution in [-0.2, 0) is 19.6 Å². The largest absolute Gasteiger partial charge is 0.477 e. The van der Waals surface area contributed by atoms with Gasteiger partial charge in [0.15, 0.2) is 0 Å². The summed E-state index contributed by atoms with van der Waals surface area (Å²) in [5.74, 6) is -2.06. The summed E-state index contributed by atoms with van der Waals surface area (Å²) >= 11 is 0. The monoisotopic (exact) mass is 304 g/mol. The second kappa shape index (κ2) is 6.42. The third-order valence-electron chi connectivity index (χ3n) is 2.45. The Morgan fingerprint density at radius 1 is 1.45 bits per heavy atom. The molecule has 0 saturated heterocycles. The molecular formula is C11H16N2O6S. The second-order valence-corrected chi connectivity index (χ2v) is 5.99. The molecule has 0 saturated carbocycles. The minimum atomic E-state index is -3.72. The number of ether oxygens (including phenoxy) is 1. The highest BCUT2D eigenvalue weighted by Gasteiger charge is 2.18. The quantitative estimate of drug-likeness (QED) is 0.637. The Morgan fingerprint density at radius 2 is 2.10 bits per heavy atom. The fraction of sp³-hybridized carbons (Fsp3) is 0.455. The van der Waals surface area contributed by atoms with E-state index in [1.54, 1.807) is 6.92 Å². The lowest BCUT2D eigenvalue weighted by Crippen LogP contribution is -2.19. The zero-order valence-electron chi connectivity index (χ0n) is 11.1. The first-order valence-corrected chi connectivity index (χ1v) is 7.40. The van der Waals surface area contributed by atoms with Gasteiger partial charge in [0, 0.05) is 12.1 Å². The molecule has 8 nitrogen and oxygen atoms in total. The second-order valence-electron chi connectivity index (χ2n) is 4.15. The Bertz CT molecular complexity index is 604. The van der Waals surface area contributed by atoms with E-state index in [1.807, 2.05) is 0 Å². The lowest BCUT2D eigenvalue weighted by molar-refractivity contribution is -0.140. The fourth-order valence-corrected chi connectivity index (χ4v) is 2.69. The molecule has 0 spiro atoms. The third kappa shape index (κ3) is 4.57. The van der Waals surface area contributed by atoms with E-state index in [9.17, 15) is 18.0 Å². The van der Waals surface area contributed by atoms with Crippen LogP contribution in [0.1, 0.15) is 29.0 Å². The van der Waals surface area contributed by atoms with Gasteiger partial charge in [0.25, 0.3) is 0 Å². The highest BCUT2D eigenvalue weighted by atomic mass is 32.2. The molecule has 3 N–H and O–H groups in total. The van der Waals surface area contributed by atoms with Crippen molar-refractivity contribution in [1.82, 2.24) is 4.98 Å². The number of esters is 1. The summed E-state index contributed by atoms with van der Waals surface area (Å²) in [5.41, 5.74) is 0.279. The first-order valence-electron chi connectivity index (χ1n) is 5.75. The molecule has 0 aliphatic rings. The molecule has 0 fully saturated rings. The van der Waals surface area contributed by atoms with E-state index in [4.69, 9.17) is 5.11 Å². The van der Waals surface area contributed by atoms with E-state index < -0.39 is 22.0 Å². The number of rotatable bonds is 7. The van der Waals surface area contributed by atoms with Crippen LogP contribution in [0.2, 0.25) is 0 Å². The molecular weight excluding hydrogens is 288 g/mol. The van der Waals surface area contributed by atoms with Crippen LogP contribution >= 0.6 is 0 Å². The van der Waals surface area contributed by atoms with Crippen LogP contribution in [-0.4, -0.2) is 43.3 Å². The molecule has 1 aromatic heterocycles. The van der Waals surface area contributed by atoms with Crippen molar-refractivity contribution >= 4 is 27.6 Å². The number of sulfonamides is 1. The Labute approximate surface area is 116 Å². The lowest BCUT2D eigenvalue weighted by atomic mass is 10.3. The highest BCUT2D eigenvalue weighted by molar-refractivity contribution is 7.92. The normalized spacial score (nSPS) is 11.1. The molecule has 1 aromatic rings. The number of aromatic amines is 1. The Morgan fingerprint density at radius 3 is 2.65 bits per heavy atom. The molecule has 0 aliphatic heterocycles. The van der Waals surface area contributed by atoms with Gasteiger partial charge >= 0.3 is 11.9 Å². The molecule has 9 heteroatoms. The maximum absolute atomic E-state index is 11.8. The van der Waals surface area contributed by atoms with E-state index in [0.29, 0.717) is 5.69 Å². The van der Waals surface area contributed by atoms with Gasteiger partial charge in [0.05, 0.1) is 18.6 Å². The zero-order valence-corrected chi connectivity index (χ0v) is 11.9. The van der Waals surface area contributed by atoms with Crippen LogP contribution in [0.5, 0.6) is 0 Å². The maximum Gasteiger partial charge on any atom is 0.354 e. The summed E-state index contributed by atoms with van der Waals surface area (Å²) < 4.78 is 30.2. The maximum atomic E-state index is 11.8. The van der Waals surface area contributed by atoms with Crippen molar-refractivity contribution in [3.8, 4) is 0 Å². The van der Waals surface area contributed by atoms with Crippen molar-refractivity contribution in [2.45, 2.75) is 19.8 Å². The van der Waals surface area contributed by atoms with Crippen molar-refractivity contribution in [2.75, 3.05) is 17.6 Å². The molecule has 0 unspecified atom stereocenters. The first kappa shape index (κ1) is 16.0. The number of aromatic carboxylic acids is 1. The standard InChI is InChI=1S/C11H16N2O6S/c1-7-6-8(10(12-7)11(15)16)13-20(17,18)5-3-4-9(14)19-2/h6,12-13H,3-5H2,1-2H3,(H,15,16). The van der Waals surface area contributed by atoms with Crippen LogP contribution in [0, 0.1) is 6.92 Å². The van der Waals surface area contributed by atoms with Crippen LogP contribution in [0.3, 0.4) is 0 Å². The number of hydrogen-bond acceptors (Lipinski definition) is 5. The first-order chi connectivity index (χ1) is 9.25. The van der Waals surface area contributed by atoms with Gasteiger partial charge in [-0.1, -0.05) is 0 Å². The van der Waals surface area contributed by atoms with Gasteiger partial charge in [-0.15, -0.1) is 0 Å². The van der Waals surface area contributed by atoms with Crippen molar-refractivity contribution < 1.29 is 27.9 Å². The Hall–Kier alpha value is -2.03. The number of nitrogens with one attached hydrogen (secondary N) is 2. The third-order valence-corrected chi connectivity index (χ3v) is 3.81. The number of carboxylic acid groups (broad SMARTS) is 1. The van der Waals surface area contributed by atoms with Crippen LogP contribution in [0.4, 0.5) is 5.69 Å². The van der Waals surface area contributed by atoms with E-state index in [2.05, 4.69) is 14.4 Å². The number of carbonyl (C=O) groups is 2.